The number of hydrogen-bond acceptors (Lipinski definition) is 3. The second-order valence-electron chi connectivity index (χ2n) is 5.98. The largest absolute Gasteiger partial charge is 0.492 e. The molecule has 3 rings (SSSR count). The van der Waals surface area contributed by atoms with Crippen LogP contribution in [0.5, 0.6) is 5.75 Å². The van der Waals surface area contributed by atoms with Crippen LogP contribution in [0.4, 0.5) is 0 Å². The minimum absolute atomic E-state index is 0.467. The smallest absolute Gasteiger partial charge is 0.321 e. The fourth-order valence-electron chi connectivity index (χ4n) is 3.25. The summed E-state index contributed by atoms with van der Waals surface area (Å²) in [5.41, 5.74) is -0.396. The highest BCUT2D eigenvalue weighted by Crippen LogP contribution is 2.25. The highest BCUT2D eigenvalue weighted by atomic mass is 16.5. The Morgan fingerprint density at radius 1 is 1.09 bits per heavy atom. The van der Waals surface area contributed by atoms with Crippen molar-refractivity contribution in [2.24, 2.45) is 5.92 Å². The van der Waals surface area contributed by atoms with E-state index in [9.17, 15) is 9.59 Å². The highest BCUT2D eigenvalue weighted by molar-refractivity contribution is 5.46. The minimum atomic E-state index is -0.530. The van der Waals surface area contributed by atoms with Crippen LogP contribution in [-0.2, 0) is 6.54 Å². The summed E-state index contributed by atoms with van der Waals surface area (Å²) in [5.74, 6) is 1.11. The van der Waals surface area contributed by atoms with Crippen molar-refractivity contribution in [2.45, 2.75) is 39.2 Å². The Morgan fingerprint density at radius 3 is 2.57 bits per heavy atom. The van der Waals surface area contributed by atoms with Gasteiger partial charge in [0.15, 0.2) is 0 Å². The van der Waals surface area contributed by atoms with Crippen LogP contribution in [0.2, 0.25) is 0 Å². The summed E-state index contributed by atoms with van der Waals surface area (Å²) in [6.07, 6.45) is 8.10. The van der Waals surface area contributed by atoms with Crippen LogP contribution in [0.25, 0.3) is 5.69 Å². The van der Waals surface area contributed by atoms with Crippen molar-refractivity contribution in [1.29, 1.82) is 0 Å². The third kappa shape index (κ3) is 3.23. The van der Waals surface area contributed by atoms with Crippen LogP contribution in [0.1, 0.15) is 32.6 Å². The van der Waals surface area contributed by atoms with E-state index in [2.05, 4.69) is 0 Å². The standard InChI is InChI=1S/C18H22N2O3/c1-2-23-16-10-6-5-9-15(16)20-12-11-19(17(21)18(20)22)13-14-7-3-4-8-14/h5-6,9-12,14H,2-4,7-8,13H2,1H3. The van der Waals surface area contributed by atoms with Gasteiger partial charge >= 0.3 is 11.1 Å². The molecule has 23 heavy (non-hydrogen) atoms. The molecule has 122 valence electrons. The Bertz CT molecular complexity index is 785. The average molecular weight is 314 g/mol. The van der Waals surface area contributed by atoms with Crippen molar-refractivity contribution in [3.8, 4) is 11.4 Å². The van der Waals surface area contributed by atoms with Gasteiger partial charge in [-0.05, 0) is 37.8 Å². The van der Waals surface area contributed by atoms with Crippen molar-refractivity contribution in [3.05, 3.63) is 57.4 Å². The number of aromatic nitrogens is 2. The van der Waals surface area contributed by atoms with Crippen LogP contribution in [0, 0.1) is 5.92 Å². The molecule has 0 saturated heterocycles. The molecule has 0 spiro atoms. The zero-order valence-corrected chi connectivity index (χ0v) is 13.4. The van der Waals surface area contributed by atoms with Gasteiger partial charge in [0.05, 0.1) is 12.3 Å². The number of ether oxygens (including phenoxy) is 1. The van der Waals surface area contributed by atoms with Gasteiger partial charge < -0.3 is 9.30 Å². The lowest BCUT2D eigenvalue weighted by Crippen LogP contribution is -2.40. The Balaban J connectivity index is 1.97. The fourth-order valence-corrected chi connectivity index (χ4v) is 3.25. The molecule has 1 aromatic heterocycles. The monoisotopic (exact) mass is 314 g/mol. The SMILES string of the molecule is CCOc1ccccc1-n1ccn(CC2CCCC2)c(=O)c1=O. The first kappa shape index (κ1) is 15.6. The second-order valence-corrected chi connectivity index (χ2v) is 5.98. The lowest BCUT2D eigenvalue weighted by molar-refractivity contribution is 0.338. The van der Waals surface area contributed by atoms with Crippen molar-refractivity contribution in [1.82, 2.24) is 9.13 Å². The van der Waals surface area contributed by atoms with Gasteiger partial charge in [0, 0.05) is 18.9 Å². The van der Waals surface area contributed by atoms with Crippen molar-refractivity contribution >= 4 is 0 Å². The average Bonchev–Trinajstić information content (AvgIpc) is 3.06. The van der Waals surface area contributed by atoms with E-state index in [-0.39, 0.29) is 0 Å². The number of benzene rings is 1. The van der Waals surface area contributed by atoms with Gasteiger partial charge in [0.1, 0.15) is 5.75 Å². The molecular weight excluding hydrogens is 292 g/mol. The molecule has 1 saturated carbocycles. The zero-order chi connectivity index (χ0) is 16.2. The lowest BCUT2D eigenvalue weighted by atomic mass is 10.1. The van der Waals surface area contributed by atoms with Gasteiger partial charge in [0.2, 0.25) is 0 Å². The number of nitrogens with zero attached hydrogens (tertiary/aromatic N) is 2. The van der Waals surface area contributed by atoms with E-state index in [0.29, 0.717) is 30.5 Å². The summed E-state index contributed by atoms with van der Waals surface area (Å²) < 4.78 is 8.48. The predicted octanol–water partition coefficient (Wildman–Crippen LogP) is 2.59. The molecule has 0 N–H and O–H groups in total. The first-order chi connectivity index (χ1) is 11.2. The third-order valence-corrected chi connectivity index (χ3v) is 4.41. The molecular formula is C18H22N2O3. The summed E-state index contributed by atoms with van der Waals surface area (Å²) in [5, 5.41) is 0. The first-order valence-electron chi connectivity index (χ1n) is 8.25. The molecule has 1 fully saturated rings. The number of rotatable bonds is 5. The Labute approximate surface area is 135 Å². The van der Waals surface area contributed by atoms with Gasteiger partial charge in [-0.15, -0.1) is 0 Å². The molecule has 0 amide bonds. The molecule has 2 aromatic rings. The first-order valence-corrected chi connectivity index (χ1v) is 8.25. The Kier molecular flexibility index (Phi) is 4.65. The molecule has 0 atom stereocenters. The lowest BCUT2D eigenvalue weighted by Gasteiger charge is -2.14. The van der Waals surface area contributed by atoms with Gasteiger partial charge in [-0.1, -0.05) is 25.0 Å². The van der Waals surface area contributed by atoms with Gasteiger partial charge in [-0.25, -0.2) is 0 Å². The molecule has 1 heterocycles. The summed E-state index contributed by atoms with van der Waals surface area (Å²) in [6, 6.07) is 7.26. The van der Waals surface area contributed by atoms with E-state index < -0.39 is 11.1 Å². The molecule has 0 radical (unpaired) electrons. The second kappa shape index (κ2) is 6.86. The maximum Gasteiger partial charge on any atom is 0.321 e. The minimum Gasteiger partial charge on any atom is -0.492 e. The summed E-state index contributed by atoms with van der Waals surface area (Å²) >= 11 is 0. The van der Waals surface area contributed by atoms with Crippen molar-refractivity contribution < 1.29 is 4.74 Å². The molecule has 1 aliphatic rings. The number of hydrogen-bond donors (Lipinski definition) is 0. The van der Waals surface area contributed by atoms with E-state index in [4.69, 9.17) is 4.74 Å². The van der Waals surface area contributed by atoms with Gasteiger partial charge in [-0.3, -0.25) is 14.2 Å². The quantitative estimate of drug-likeness (QED) is 0.797. The molecule has 0 bridgehead atoms. The van der Waals surface area contributed by atoms with Crippen LogP contribution >= 0.6 is 0 Å². The van der Waals surface area contributed by atoms with E-state index >= 15 is 0 Å². The van der Waals surface area contributed by atoms with E-state index in [1.807, 2.05) is 19.1 Å². The normalized spacial score (nSPS) is 15.0. The summed E-state index contributed by atoms with van der Waals surface area (Å²) in [4.78, 5) is 24.9. The third-order valence-electron chi connectivity index (χ3n) is 4.41. The Hall–Kier alpha value is -2.30. The predicted molar refractivity (Wildman–Crippen MR) is 89.4 cm³/mol. The molecule has 0 aliphatic heterocycles. The van der Waals surface area contributed by atoms with Crippen LogP contribution in [0.15, 0.2) is 46.2 Å². The molecule has 5 nitrogen and oxygen atoms in total. The van der Waals surface area contributed by atoms with Gasteiger partial charge in [0.25, 0.3) is 0 Å². The Morgan fingerprint density at radius 2 is 1.83 bits per heavy atom. The van der Waals surface area contributed by atoms with Gasteiger partial charge in [-0.2, -0.15) is 0 Å². The fraction of sp³-hybridized carbons (Fsp3) is 0.444. The molecule has 1 aliphatic carbocycles. The molecule has 1 aromatic carbocycles. The molecule has 0 unspecified atom stereocenters. The topological polar surface area (TPSA) is 53.2 Å². The van der Waals surface area contributed by atoms with Crippen LogP contribution in [-0.4, -0.2) is 15.7 Å². The summed E-state index contributed by atoms with van der Waals surface area (Å²) in [7, 11) is 0. The molecule has 5 heteroatoms. The van der Waals surface area contributed by atoms with E-state index in [1.54, 1.807) is 29.1 Å². The number of para-hydroxylation sites is 2. The van der Waals surface area contributed by atoms with Crippen molar-refractivity contribution in [2.75, 3.05) is 6.61 Å². The van der Waals surface area contributed by atoms with E-state index in [0.717, 1.165) is 12.8 Å². The summed E-state index contributed by atoms with van der Waals surface area (Å²) in [6.45, 7) is 3.03. The van der Waals surface area contributed by atoms with Crippen LogP contribution < -0.4 is 15.9 Å². The van der Waals surface area contributed by atoms with Crippen LogP contribution in [0.3, 0.4) is 0 Å². The maximum absolute atomic E-state index is 12.5. The van der Waals surface area contributed by atoms with Crippen molar-refractivity contribution in [3.63, 3.8) is 0 Å². The highest BCUT2D eigenvalue weighted by Gasteiger charge is 2.17. The van der Waals surface area contributed by atoms with E-state index in [1.165, 1.54) is 17.4 Å². The maximum atomic E-state index is 12.5. The zero-order valence-electron chi connectivity index (χ0n) is 13.4.